The van der Waals surface area contributed by atoms with Crippen LogP contribution in [0.25, 0.3) is 11.4 Å². The van der Waals surface area contributed by atoms with Crippen molar-refractivity contribution in [2.24, 2.45) is 0 Å². The van der Waals surface area contributed by atoms with Gasteiger partial charge >= 0.3 is 0 Å². The molecule has 5 heteroatoms. The molecule has 0 radical (unpaired) electrons. The van der Waals surface area contributed by atoms with E-state index in [1.807, 2.05) is 0 Å². The van der Waals surface area contributed by atoms with Crippen molar-refractivity contribution >= 4 is 11.5 Å². The van der Waals surface area contributed by atoms with Crippen LogP contribution in [0.15, 0.2) is 30.7 Å². The van der Waals surface area contributed by atoms with Gasteiger partial charge < -0.3 is 11.5 Å². The van der Waals surface area contributed by atoms with E-state index in [1.54, 1.807) is 24.5 Å². The number of nitrogen functional groups attached to an aromatic ring is 2. The highest BCUT2D eigenvalue weighted by atomic mass is 14.9. The van der Waals surface area contributed by atoms with Gasteiger partial charge in [-0.15, -0.1) is 0 Å². The lowest BCUT2D eigenvalue weighted by molar-refractivity contribution is 1.18. The van der Waals surface area contributed by atoms with Gasteiger partial charge in [-0.3, -0.25) is 4.98 Å². The summed E-state index contributed by atoms with van der Waals surface area (Å²) in [6.45, 7) is 0. The predicted octanol–water partition coefficient (Wildman–Crippen LogP) is 0.703. The zero-order valence-electron chi connectivity index (χ0n) is 7.38. The summed E-state index contributed by atoms with van der Waals surface area (Å²) in [5.74, 6) is 0.378. The molecule has 0 unspecified atom stereocenters. The molecule has 4 N–H and O–H groups in total. The molecule has 0 amide bonds. The van der Waals surface area contributed by atoms with Gasteiger partial charge in [-0.25, -0.2) is 9.97 Å². The Kier molecular flexibility index (Phi) is 1.98. The number of pyridine rings is 1. The number of aromatic nitrogens is 3. The maximum atomic E-state index is 5.73. The molecule has 0 bridgehead atoms. The summed E-state index contributed by atoms with van der Waals surface area (Å²) in [5, 5.41) is 0. The SMILES string of the molecule is Nc1cnc(-c2ncccc2N)cn1. The van der Waals surface area contributed by atoms with Crippen molar-refractivity contribution in [2.75, 3.05) is 11.5 Å². The van der Waals surface area contributed by atoms with E-state index in [1.165, 1.54) is 6.20 Å². The molecule has 14 heavy (non-hydrogen) atoms. The smallest absolute Gasteiger partial charge is 0.141 e. The second-order valence-corrected chi connectivity index (χ2v) is 2.77. The molecule has 0 fully saturated rings. The van der Waals surface area contributed by atoms with Crippen molar-refractivity contribution in [3.63, 3.8) is 0 Å². The second-order valence-electron chi connectivity index (χ2n) is 2.77. The monoisotopic (exact) mass is 187 g/mol. The minimum Gasteiger partial charge on any atom is -0.397 e. The molecule has 2 heterocycles. The zero-order chi connectivity index (χ0) is 9.97. The van der Waals surface area contributed by atoms with E-state index in [2.05, 4.69) is 15.0 Å². The first-order valence-corrected chi connectivity index (χ1v) is 4.06. The molecular formula is C9H9N5. The summed E-state index contributed by atoms with van der Waals surface area (Å²) in [6, 6.07) is 3.53. The third kappa shape index (κ3) is 1.47. The van der Waals surface area contributed by atoms with Crippen LogP contribution < -0.4 is 11.5 Å². The first kappa shape index (κ1) is 8.43. The Morgan fingerprint density at radius 1 is 1.00 bits per heavy atom. The van der Waals surface area contributed by atoms with Gasteiger partial charge in [0.25, 0.3) is 0 Å². The Morgan fingerprint density at radius 3 is 2.50 bits per heavy atom. The van der Waals surface area contributed by atoms with Crippen molar-refractivity contribution in [3.05, 3.63) is 30.7 Å². The van der Waals surface area contributed by atoms with Gasteiger partial charge in [0.2, 0.25) is 0 Å². The number of rotatable bonds is 1. The second kappa shape index (κ2) is 3.29. The minimum atomic E-state index is 0.378. The fourth-order valence-electron chi connectivity index (χ4n) is 1.09. The minimum absolute atomic E-state index is 0.378. The molecule has 2 aromatic heterocycles. The average molecular weight is 187 g/mol. The van der Waals surface area contributed by atoms with E-state index < -0.39 is 0 Å². The molecule has 0 atom stereocenters. The Balaban J connectivity index is 2.50. The van der Waals surface area contributed by atoms with E-state index in [-0.39, 0.29) is 0 Å². The molecule has 0 aromatic carbocycles. The van der Waals surface area contributed by atoms with E-state index in [0.717, 1.165) is 0 Å². The van der Waals surface area contributed by atoms with Crippen LogP contribution in [0.3, 0.4) is 0 Å². The normalized spacial score (nSPS) is 10.0. The molecule has 0 aliphatic heterocycles. The maximum absolute atomic E-state index is 5.73. The van der Waals surface area contributed by atoms with Crippen molar-refractivity contribution in [3.8, 4) is 11.4 Å². The number of hydrogen-bond donors (Lipinski definition) is 2. The number of nitrogens with zero attached hydrogens (tertiary/aromatic N) is 3. The molecule has 70 valence electrons. The third-order valence-electron chi connectivity index (χ3n) is 1.75. The van der Waals surface area contributed by atoms with Gasteiger partial charge in [0, 0.05) is 6.20 Å². The number of hydrogen-bond acceptors (Lipinski definition) is 5. The molecule has 0 saturated carbocycles. The van der Waals surface area contributed by atoms with Gasteiger partial charge in [-0.2, -0.15) is 0 Å². The van der Waals surface area contributed by atoms with E-state index >= 15 is 0 Å². The van der Waals surface area contributed by atoms with Crippen LogP contribution in [0.5, 0.6) is 0 Å². The molecule has 0 aliphatic rings. The van der Waals surface area contributed by atoms with Crippen molar-refractivity contribution in [1.82, 2.24) is 15.0 Å². The molecule has 5 nitrogen and oxygen atoms in total. The maximum Gasteiger partial charge on any atom is 0.141 e. The molecule has 2 rings (SSSR count). The number of anilines is 2. The summed E-state index contributed by atoms with van der Waals surface area (Å²) in [4.78, 5) is 12.1. The van der Waals surface area contributed by atoms with Crippen LogP contribution in [0.4, 0.5) is 11.5 Å². The molecule has 2 aromatic rings. The Labute approximate surface area is 80.8 Å². The predicted molar refractivity (Wildman–Crippen MR) is 54.1 cm³/mol. The zero-order valence-corrected chi connectivity index (χ0v) is 7.38. The van der Waals surface area contributed by atoms with Crippen LogP contribution >= 0.6 is 0 Å². The van der Waals surface area contributed by atoms with E-state index in [4.69, 9.17) is 11.5 Å². The largest absolute Gasteiger partial charge is 0.397 e. The van der Waals surface area contributed by atoms with Gasteiger partial charge in [0.15, 0.2) is 0 Å². The number of nitrogens with two attached hydrogens (primary N) is 2. The summed E-state index contributed by atoms with van der Waals surface area (Å²) < 4.78 is 0. The molecule has 0 spiro atoms. The fraction of sp³-hybridized carbons (Fsp3) is 0. The lowest BCUT2D eigenvalue weighted by Crippen LogP contribution is -1.97. The third-order valence-corrected chi connectivity index (χ3v) is 1.75. The molecule has 0 aliphatic carbocycles. The van der Waals surface area contributed by atoms with E-state index in [9.17, 15) is 0 Å². The average Bonchev–Trinajstić information content (AvgIpc) is 2.20. The lowest BCUT2D eigenvalue weighted by atomic mass is 10.2. The van der Waals surface area contributed by atoms with Crippen molar-refractivity contribution in [2.45, 2.75) is 0 Å². The first-order valence-electron chi connectivity index (χ1n) is 4.06. The van der Waals surface area contributed by atoms with Crippen LogP contribution in [-0.2, 0) is 0 Å². The van der Waals surface area contributed by atoms with Gasteiger partial charge in [-0.05, 0) is 12.1 Å². The fourth-order valence-corrected chi connectivity index (χ4v) is 1.09. The van der Waals surface area contributed by atoms with Crippen LogP contribution in [0, 0.1) is 0 Å². The van der Waals surface area contributed by atoms with Gasteiger partial charge in [0.1, 0.15) is 17.2 Å². The van der Waals surface area contributed by atoms with Gasteiger partial charge in [0.05, 0.1) is 18.1 Å². The summed E-state index contributed by atoms with van der Waals surface area (Å²) >= 11 is 0. The van der Waals surface area contributed by atoms with Crippen molar-refractivity contribution < 1.29 is 0 Å². The molecule has 0 saturated heterocycles. The first-order chi connectivity index (χ1) is 6.77. The highest BCUT2D eigenvalue weighted by Crippen LogP contribution is 2.19. The summed E-state index contributed by atoms with van der Waals surface area (Å²) in [5.41, 5.74) is 13.0. The van der Waals surface area contributed by atoms with Crippen molar-refractivity contribution in [1.29, 1.82) is 0 Å². The summed E-state index contributed by atoms with van der Waals surface area (Å²) in [6.07, 6.45) is 4.68. The lowest BCUT2D eigenvalue weighted by Gasteiger charge is -2.02. The Morgan fingerprint density at radius 2 is 1.86 bits per heavy atom. The molecular weight excluding hydrogens is 178 g/mol. The topological polar surface area (TPSA) is 90.7 Å². The van der Waals surface area contributed by atoms with Crippen LogP contribution in [-0.4, -0.2) is 15.0 Å². The Hall–Kier alpha value is -2.17. The van der Waals surface area contributed by atoms with Gasteiger partial charge in [-0.1, -0.05) is 0 Å². The standard InChI is InChI=1S/C9H9N5/c10-6-2-1-3-12-9(6)7-4-14-8(11)5-13-7/h1-5H,10H2,(H2,11,14). The summed E-state index contributed by atoms with van der Waals surface area (Å²) in [7, 11) is 0. The highest BCUT2D eigenvalue weighted by Gasteiger charge is 2.04. The van der Waals surface area contributed by atoms with E-state index in [0.29, 0.717) is 22.9 Å². The van der Waals surface area contributed by atoms with Crippen LogP contribution in [0.2, 0.25) is 0 Å². The Bertz CT molecular complexity index is 437. The van der Waals surface area contributed by atoms with Crippen LogP contribution in [0.1, 0.15) is 0 Å². The quantitative estimate of drug-likeness (QED) is 0.685. The highest BCUT2D eigenvalue weighted by molar-refractivity contribution is 5.68.